The van der Waals surface area contributed by atoms with Crippen molar-refractivity contribution in [2.24, 2.45) is 0 Å². The Hall–Kier alpha value is -0.370. The molecule has 0 aromatic rings. The number of ketones is 1. The third kappa shape index (κ3) is 1.21. The molecule has 2 heteroatoms. The van der Waals surface area contributed by atoms with Gasteiger partial charge in [-0.15, -0.1) is 0 Å². The number of aliphatic hydroxyl groups is 1. The summed E-state index contributed by atoms with van der Waals surface area (Å²) in [6.45, 7) is 1.86. The molecule has 0 aliphatic heterocycles. The van der Waals surface area contributed by atoms with Crippen molar-refractivity contribution in [3.8, 4) is 0 Å². The van der Waals surface area contributed by atoms with Gasteiger partial charge in [0.15, 0.2) is 5.78 Å². The minimum Gasteiger partial charge on any atom is -0.382 e. The highest BCUT2D eigenvalue weighted by atomic mass is 16.3. The van der Waals surface area contributed by atoms with Gasteiger partial charge in [0.1, 0.15) is 5.60 Å². The fraction of sp³-hybridized carbons (Fsp3) is 0.875. The zero-order chi connectivity index (χ0) is 7.61. The molecule has 1 rings (SSSR count). The van der Waals surface area contributed by atoms with Crippen LogP contribution in [0.15, 0.2) is 0 Å². The van der Waals surface area contributed by atoms with Crippen LogP contribution in [-0.2, 0) is 4.79 Å². The monoisotopic (exact) mass is 142 g/mol. The predicted octanol–water partition coefficient (Wildman–Crippen LogP) is 1.27. The molecule has 1 N–H and O–H groups in total. The average Bonchev–Trinajstić information content (AvgIpc) is 1.96. The van der Waals surface area contributed by atoms with Gasteiger partial charge in [0.2, 0.25) is 0 Å². The number of hydrogen-bond donors (Lipinski definition) is 1. The molecule has 1 aliphatic carbocycles. The van der Waals surface area contributed by atoms with Crippen LogP contribution >= 0.6 is 0 Å². The smallest absolute Gasteiger partial charge is 0.164 e. The maximum Gasteiger partial charge on any atom is 0.164 e. The Morgan fingerprint density at radius 1 is 1.60 bits per heavy atom. The molecule has 0 radical (unpaired) electrons. The molecule has 0 aromatic carbocycles. The van der Waals surface area contributed by atoms with E-state index in [4.69, 9.17) is 0 Å². The van der Waals surface area contributed by atoms with E-state index >= 15 is 0 Å². The first-order valence-electron chi connectivity index (χ1n) is 3.95. The number of rotatable bonds is 1. The van der Waals surface area contributed by atoms with E-state index in [1.54, 1.807) is 0 Å². The van der Waals surface area contributed by atoms with Gasteiger partial charge in [-0.1, -0.05) is 6.92 Å². The second-order valence-corrected chi connectivity index (χ2v) is 3.02. The van der Waals surface area contributed by atoms with E-state index < -0.39 is 5.60 Å². The molecule has 2 nitrogen and oxygen atoms in total. The van der Waals surface area contributed by atoms with Gasteiger partial charge in [-0.05, 0) is 25.7 Å². The zero-order valence-electron chi connectivity index (χ0n) is 6.39. The fourth-order valence-corrected chi connectivity index (χ4v) is 1.45. The molecular weight excluding hydrogens is 128 g/mol. The van der Waals surface area contributed by atoms with Crippen molar-refractivity contribution in [3.63, 3.8) is 0 Å². The Bertz CT molecular complexity index is 142. The van der Waals surface area contributed by atoms with Crippen molar-refractivity contribution in [2.75, 3.05) is 0 Å². The Morgan fingerprint density at radius 3 is 2.70 bits per heavy atom. The maximum atomic E-state index is 11.1. The van der Waals surface area contributed by atoms with Crippen molar-refractivity contribution in [2.45, 2.75) is 44.6 Å². The van der Waals surface area contributed by atoms with E-state index in [1.807, 2.05) is 6.92 Å². The number of carbonyl (C=O) groups is 1. The summed E-state index contributed by atoms with van der Waals surface area (Å²) in [6.07, 6.45) is 3.77. The predicted molar refractivity (Wildman–Crippen MR) is 38.7 cm³/mol. The summed E-state index contributed by atoms with van der Waals surface area (Å²) in [4.78, 5) is 11.1. The van der Waals surface area contributed by atoms with Gasteiger partial charge in [0, 0.05) is 6.42 Å². The van der Waals surface area contributed by atoms with Crippen LogP contribution in [0.1, 0.15) is 39.0 Å². The minimum absolute atomic E-state index is 0.0428. The van der Waals surface area contributed by atoms with Gasteiger partial charge in [0.05, 0.1) is 0 Å². The fourth-order valence-electron chi connectivity index (χ4n) is 1.45. The molecule has 1 saturated carbocycles. The molecule has 1 aliphatic rings. The van der Waals surface area contributed by atoms with Crippen molar-refractivity contribution in [1.29, 1.82) is 0 Å². The Labute approximate surface area is 61.2 Å². The number of Topliss-reactive ketones (excluding diaryl/α,β-unsaturated/α-hetero) is 1. The molecule has 0 unspecified atom stereocenters. The summed E-state index contributed by atoms with van der Waals surface area (Å²) < 4.78 is 0. The van der Waals surface area contributed by atoms with Gasteiger partial charge in [-0.3, -0.25) is 4.79 Å². The van der Waals surface area contributed by atoms with Gasteiger partial charge in [-0.2, -0.15) is 0 Å². The van der Waals surface area contributed by atoms with Gasteiger partial charge in [0.25, 0.3) is 0 Å². The van der Waals surface area contributed by atoms with E-state index in [9.17, 15) is 9.90 Å². The third-order valence-corrected chi connectivity index (χ3v) is 2.35. The van der Waals surface area contributed by atoms with Crippen LogP contribution in [0.5, 0.6) is 0 Å². The molecule has 58 valence electrons. The molecule has 1 fully saturated rings. The Kier molecular flexibility index (Phi) is 2.09. The van der Waals surface area contributed by atoms with Crippen LogP contribution < -0.4 is 0 Å². The molecule has 0 heterocycles. The lowest BCUT2D eigenvalue weighted by Gasteiger charge is -2.28. The third-order valence-electron chi connectivity index (χ3n) is 2.35. The summed E-state index contributed by atoms with van der Waals surface area (Å²) in [6, 6.07) is 0. The van der Waals surface area contributed by atoms with E-state index in [0.717, 1.165) is 12.8 Å². The second kappa shape index (κ2) is 2.70. The number of carbonyl (C=O) groups excluding carboxylic acids is 1. The highest BCUT2D eigenvalue weighted by Gasteiger charge is 2.35. The largest absolute Gasteiger partial charge is 0.382 e. The number of hydrogen-bond acceptors (Lipinski definition) is 2. The Morgan fingerprint density at radius 2 is 2.30 bits per heavy atom. The van der Waals surface area contributed by atoms with Crippen LogP contribution in [0.25, 0.3) is 0 Å². The SMILES string of the molecule is CC[C@]1(O)CCCCC1=O. The van der Waals surface area contributed by atoms with Crippen molar-refractivity contribution < 1.29 is 9.90 Å². The van der Waals surface area contributed by atoms with Gasteiger partial charge >= 0.3 is 0 Å². The van der Waals surface area contributed by atoms with Crippen LogP contribution in [-0.4, -0.2) is 16.5 Å². The van der Waals surface area contributed by atoms with Gasteiger partial charge < -0.3 is 5.11 Å². The summed E-state index contributed by atoms with van der Waals surface area (Å²) in [5, 5.41) is 9.60. The lowest BCUT2D eigenvalue weighted by atomic mass is 9.82. The van der Waals surface area contributed by atoms with Crippen LogP contribution in [0.2, 0.25) is 0 Å². The molecule has 0 aromatic heterocycles. The van der Waals surface area contributed by atoms with Crippen LogP contribution in [0.3, 0.4) is 0 Å². The van der Waals surface area contributed by atoms with Crippen LogP contribution in [0, 0.1) is 0 Å². The zero-order valence-corrected chi connectivity index (χ0v) is 6.39. The molecule has 0 spiro atoms. The molecule has 0 amide bonds. The lowest BCUT2D eigenvalue weighted by molar-refractivity contribution is -0.141. The maximum absolute atomic E-state index is 11.1. The molecule has 0 bridgehead atoms. The van der Waals surface area contributed by atoms with Crippen molar-refractivity contribution in [3.05, 3.63) is 0 Å². The molecule has 0 saturated heterocycles. The standard InChI is InChI=1S/C8H14O2/c1-2-8(10)6-4-3-5-7(8)9/h10H,2-6H2,1H3/t8-/m0/s1. The summed E-state index contributed by atoms with van der Waals surface area (Å²) in [5.74, 6) is 0.0428. The first-order valence-corrected chi connectivity index (χ1v) is 3.95. The summed E-state index contributed by atoms with van der Waals surface area (Å²) >= 11 is 0. The Balaban J connectivity index is 2.63. The quantitative estimate of drug-likeness (QED) is 0.598. The first-order chi connectivity index (χ1) is 4.69. The van der Waals surface area contributed by atoms with Crippen LogP contribution in [0.4, 0.5) is 0 Å². The van der Waals surface area contributed by atoms with E-state index in [0.29, 0.717) is 19.3 Å². The first kappa shape index (κ1) is 7.73. The van der Waals surface area contributed by atoms with Crippen molar-refractivity contribution in [1.82, 2.24) is 0 Å². The second-order valence-electron chi connectivity index (χ2n) is 3.02. The molecule has 1 atom stereocenters. The van der Waals surface area contributed by atoms with Crippen molar-refractivity contribution >= 4 is 5.78 Å². The van der Waals surface area contributed by atoms with E-state index in [-0.39, 0.29) is 5.78 Å². The lowest BCUT2D eigenvalue weighted by Crippen LogP contribution is -2.40. The minimum atomic E-state index is -0.960. The highest BCUT2D eigenvalue weighted by Crippen LogP contribution is 2.27. The van der Waals surface area contributed by atoms with Gasteiger partial charge in [-0.25, -0.2) is 0 Å². The highest BCUT2D eigenvalue weighted by molar-refractivity contribution is 5.87. The summed E-state index contributed by atoms with van der Waals surface area (Å²) in [7, 11) is 0. The molecular formula is C8H14O2. The van der Waals surface area contributed by atoms with E-state index in [1.165, 1.54) is 0 Å². The average molecular weight is 142 g/mol. The normalized spacial score (nSPS) is 34.4. The van der Waals surface area contributed by atoms with E-state index in [2.05, 4.69) is 0 Å². The molecule has 10 heavy (non-hydrogen) atoms. The topological polar surface area (TPSA) is 37.3 Å². The summed E-state index contributed by atoms with van der Waals surface area (Å²) in [5.41, 5.74) is -0.960.